The van der Waals surface area contributed by atoms with Gasteiger partial charge in [0.15, 0.2) is 0 Å². The number of likely N-dealkylation sites (tertiary alicyclic amines) is 1. The standard InChI is InChI=1S/C18H31N3O3P2/c1-10-5-18(6-11(2)8-26(24,7-10)9-18)15(20-25)17(23)21-13-3-12(13)4-14(21)16(19)22/h10-15,20,24H,3-9,25H2,1-2H3,(H-,19,22)/p+1. The summed E-state index contributed by atoms with van der Waals surface area (Å²) in [5, 5.41) is 3.23. The summed E-state index contributed by atoms with van der Waals surface area (Å²) in [7, 11) is 0.554. The number of piperidine rings is 1. The van der Waals surface area contributed by atoms with Crippen LogP contribution in [0.1, 0.15) is 39.5 Å². The van der Waals surface area contributed by atoms with Crippen LogP contribution in [0.5, 0.6) is 0 Å². The Morgan fingerprint density at radius 2 is 1.88 bits per heavy atom. The van der Waals surface area contributed by atoms with E-state index < -0.39 is 13.5 Å². The van der Waals surface area contributed by atoms with Gasteiger partial charge >= 0.3 is 0 Å². The van der Waals surface area contributed by atoms with Gasteiger partial charge in [-0.05, 0) is 43.4 Å². The van der Waals surface area contributed by atoms with Crippen molar-refractivity contribution in [1.29, 1.82) is 0 Å². The lowest BCUT2D eigenvalue weighted by atomic mass is 9.69. The molecule has 3 aliphatic heterocycles. The second kappa shape index (κ2) is 6.37. The Balaban J connectivity index is 1.65. The Labute approximate surface area is 158 Å². The summed E-state index contributed by atoms with van der Waals surface area (Å²) in [6.45, 7) is 4.41. The Kier molecular flexibility index (Phi) is 4.67. The summed E-state index contributed by atoms with van der Waals surface area (Å²) in [6.07, 6.45) is 6.25. The fourth-order valence-electron chi connectivity index (χ4n) is 6.69. The molecule has 0 aromatic rings. The monoisotopic (exact) mass is 400 g/mol. The van der Waals surface area contributed by atoms with Crippen LogP contribution in [-0.2, 0) is 9.59 Å². The summed E-state index contributed by atoms with van der Waals surface area (Å²) >= 11 is 0. The van der Waals surface area contributed by atoms with Crippen LogP contribution in [0.15, 0.2) is 0 Å². The Morgan fingerprint density at radius 1 is 1.27 bits per heavy atom. The summed E-state index contributed by atoms with van der Waals surface area (Å²) < 4.78 is 0. The third-order valence-electron chi connectivity index (χ3n) is 7.14. The molecule has 4 N–H and O–H groups in total. The first kappa shape index (κ1) is 19.1. The number of carbonyl (C=O) groups is 2. The summed E-state index contributed by atoms with van der Waals surface area (Å²) in [5.74, 6) is 0.941. The van der Waals surface area contributed by atoms with Gasteiger partial charge in [-0.25, -0.2) is 0 Å². The SMILES string of the molecule is CC1CC2(C(NP)C(=O)N3C(C(N)=O)CC4CC43)CC(C)C[P+](O)(C1)C2. The molecule has 0 aromatic heterocycles. The van der Waals surface area contributed by atoms with Crippen molar-refractivity contribution in [3.05, 3.63) is 0 Å². The average molecular weight is 400 g/mol. The van der Waals surface area contributed by atoms with E-state index in [4.69, 9.17) is 5.73 Å². The van der Waals surface area contributed by atoms with Crippen molar-refractivity contribution >= 4 is 28.7 Å². The lowest BCUT2D eigenvalue weighted by Gasteiger charge is -2.52. The minimum absolute atomic E-state index is 0.0172. The van der Waals surface area contributed by atoms with Crippen molar-refractivity contribution in [2.45, 2.75) is 57.7 Å². The highest BCUT2D eigenvalue weighted by Crippen LogP contribution is 2.70. The number of hydrogen-bond acceptors (Lipinski definition) is 4. The Morgan fingerprint density at radius 3 is 2.42 bits per heavy atom. The first-order valence-electron chi connectivity index (χ1n) is 9.84. The Bertz CT molecular complexity index is 617. The van der Waals surface area contributed by atoms with Crippen LogP contribution >= 0.6 is 16.9 Å². The molecular formula is C18H32N3O3P2+. The number of hydrogen-bond donors (Lipinski definition) is 3. The normalized spacial score (nSPS) is 48.0. The summed E-state index contributed by atoms with van der Waals surface area (Å²) in [6, 6.07) is -0.641. The van der Waals surface area contributed by atoms with Gasteiger partial charge in [-0.1, -0.05) is 23.2 Å². The number of rotatable bonds is 4. The van der Waals surface area contributed by atoms with E-state index in [0.717, 1.165) is 37.7 Å². The van der Waals surface area contributed by atoms with E-state index in [9.17, 15) is 14.5 Å². The molecule has 6 nitrogen and oxygen atoms in total. The van der Waals surface area contributed by atoms with E-state index >= 15 is 0 Å². The number of primary amides is 1. The average Bonchev–Trinajstić information content (AvgIpc) is 3.14. The molecule has 1 aliphatic carbocycles. The zero-order valence-corrected chi connectivity index (χ0v) is 17.8. The molecule has 8 heteroatoms. The first-order valence-corrected chi connectivity index (χ1v) is 12.7. The Hall–Kier alpha value is -0.280. The van der Waals surface area contributed by atoms with Gasteiger partial charge < -0.3 is 10.6 Å². The van der Waals surface area contributed by atoms with Crippen molar-refractivity contribution in [3.63, 3.8) is 0 Å². The van der Waals surface area contributed by atoms with Gasteiger partial charge in [-0.15, -0.1) is 0 Å². The summed E-state index contributed by atoms with van der Waals surface area (Å²) in [4.78, 5) is 38.6. The van der Waals surface area contributed by atoms with Crippen LogP contribution in [0.2, 0.25) is 0 Å². The van der Waals surface area contributed by atoms with Crippen LogP contribution in [0.4, 0.5) is 0 Å². The van der Waals surface area contributed by atoms with Gasteiger partial charge in [0.05, 0.1) is 24.5 Å². The van der Waals surface area contributed by atoms with Crippen molar-refractivity contribution in [2.24, 2.45) is 28.9 Å². The molecule has 7 unspecified atom stereocenters. The molecule has 4 fully saturated rings. The maximum Gasteiger partial charge on any atom is 0.241 e. The van der Waals surface area contributed by atoms with Gasteiger partial charge in [-0.2, -0.15) is 0 Å². The highest BCUT2D eigenvalue weighted by Gasteiger charge is 2.63. The fraction of sp³-hybridized carbons (Fsp3) is 0.889. The van der Waals surface area contributed by atoms with Crippen molar-refractivity contribution < 1.29 is 14.5 Å². The number of amides is 2. The second-order valence-electron chi connectivity index (χ2n) is 9.66. The number of fused-ring (bicyclic) bond motifs is 3. The second-order valence-corrected chi connectivity index (χ2v) is 13.2. The largest absolute Gasteiger partial charge is 0.368 e. The topological polar surface area (TPSA) is 95.7 Å². The lowest BCUT2D eigenvalue weighted by Crippen LogP contribution is -2.61. The zero-order chi connectivity index (χ0) is 18.9. The molecule has 0 spiro atoms. The first-order chi connectivity index (χ1) is 12.2. The van der Waals surface area contributed by atoms with Crippen molar-refractivity contribution in [3.8, 4) is 0 Å². The molecule has 4 aliphatic rings. The molecule has 0 aromatic carbocycles. The predicted molar refractivity (Wildman–Crippen MR) is 107 cm³/mol. The number of nitrogens with zero attached hydrogens (tertiary/aromatic N) is 1. The van der Waals surface area contributed by atoms with E-state index in [-0.39, 0.29) is 29.3 Å². The minimum Gasteiger partial charge on any atom is -0.368 e. The van der Waals surface area contributed by atoms with Gasteiger partial charge in [0, 0.05) is 11.5 Å². The zero-order valence-electron chi connectivity index (χ0n) is 15.7. The molecule has 2 amide bonds. The highest BCUT2D eigenvalue weighted by atomic mass is 31.2. The summed E-state index contributed by atoms with van der Waals surface area (Å²) in [5.41, 5.74) is 5.38. The van der Waals surface area contributed by atoms with E-state index in [1.165, 1.54) is 0 Å². The number of carbonyl (C=O) groups excluding carboxylic acids is 2. The quantitative estimate of drug-likeness (QED) is 0.618. The van der Waals surface area contributed by atoms with Gasteiger partial charge in [0.1, 0.15) is 13.5 Å². The molecule has 3 saturated heterocycles. The van der Waals surface area contributed by atoms with E-state index in [1.54, 1.807) is 4.90 Å². The molecule has 3 heterocycles. The third-order valence-corrected chi connectivity index (χ3v) is 11.3. The van der Waals surface area contributed by atoms with Crippen LogP contribution in [-0.4, -0.2) is 58.2 Å². The number of nitrogens with one attached hydrogen (secondary N) is 1. The van der Waals surface area contributed by atoms with Gasteiger partial charge in [0.25, 0.3) is 0 Å². The van der Waals surface area contributed by atoms with E-state index in [2.05, 4.69) is 28.3 Å². The lowest BCUT2D eigenvalue weighted by molar-refractivity contribution is -0.143. The molecular weight excluding hydrogens is 368 g/mol. The molecule has 4 rings (SSSR count). The molecule has 2 bridgehead atoms. The fourth-order valence-corrected chi connectivity index (χ4v) is 11.8. The van der Waals surface area contributed by atoms with Crippen LogP contribution < -0.4 is 10.8 Å². The van der Waals surface area contributed by atoms with Gasteiger partial charge in [0.2, 0.25) is 11.8 Å². The van der Waals surface area contributed by atoms with Gasteiger partial charge in [-0.3, -0.25) is 19.6 Å². The molecule has 26 heavy (non-hydrogen) atoms. The maximum atomic E-state index is 13.6. The highest BCUT2D eigenvalue weighted by molar-refractivity contribution is 7.70. The van der Waals surface area contributed by atoms with Crippen molar-refractivity contribution in [2.75, 3.05) is 18.5 Å². The maximum absolute atomic E-state index is 13.6. The van der Waals surface area contributed by atoms with E-state index in [0.29, 0.717) is 24.2 Å². The molecule has 1 saturated carbocycles. The molecule has 146 valence electrons. The predicted octanol–water partition coefficient (Wildman–Crippen LogP) is 1.20. The minimum atomic E-state index is -1.98. The van der Waals surface area contributed by atoms with E-state index in [1.807, 2.05) is 0 Å². The molecule has 0 radical (unpaired) electrons. The smallest absolute Gasteiger partial charge is 0.241 e. The van der Waals surface area contributed by atoms with Crippen molar-refractivity contribution in [1.82, 2.24) is 9.99 Å². The number of nitrogens with two attached hydrogens (primary N) is 1. The third kappa shape index (κ3) is 3.02. The van der Waals surface area contributed by atoms with Crippen LogP contribution in [0.25, 0.3) is 0 Å². The molecule has 7 atom stereocenters. The van der Waals surface area contributed by atoms with Crippen LogP contribution in [0, 0.1) is 23.2 Å². The van der Waals surface area contributed by atoms with Crippen LogP contribution in [0.3, 0.4) is 0 Å².